The van der Waals surface area contributed by atoms with Crippen molar-refractivity contribution in [2.24, 2.45) is 17.8 Å². The van der Waals surface area contributed by atoms with Gasteiger partial charge in [-0.1, -0.05) is 24.3 Å². The summed E-state index contributed by atoms with van der Waals surface area (Å²) in [5.41, 5.74) is 1.01. The van der Waals surface area contributed by atoms with E-state index in [-0.39, 0.29) is 29.0 Å². The molecule has 0 aliphatic heterocycles. The summed E-state index contributed by atoms with van der Waals surface area (Å²) in [6.45, 7) is 1.61. The van der Waals surface area contributed by atoms with Crippen molar-refractivity contribution in [3.8, 4) is 0 Å². The number of aliphatic carboxylic acids is 1. The van der Waals surface area contributed by atoms with Crippen LogP contribution in [-0.2, 0) is 4.79 Å². The highest BCUT2D eigenvalue weighted by molar-refractivity contribution is 5.91. The van der Waals surface area contributed by atoms with E-state index in [4.69, 9.17) is 4.98 Å². The summed E-state index contributed by atoms with van der Waals surface area (Å²) in [6.07, 6.45) is 4.89. The van der Waals surface area contributed by atoms with Crippen LogP contribution in [0.3, 0.4) is 0 Å². The van der Waals surface area contributed by atoms with Crippen molar-refractivity contribution in [3.05, 3.63) is 58.3 Å². The molecule has 5 rings (SSSR count). The van der Waals surface area contributed by atoms with Gasteiger partial charge in [-0.15, -0.1) is 0 Å². The zero-order valence-corrected chi connectivity index (χ0v) is 14.0. The number of carbonyl (C=O) groups is 1. The largest absolute Gasteiger partial charge is 0.481 e. The fraction of sp³-hybridized carbons (Fsp3) is 0.316. The Morgan fingerprint density at radius 2 is 1.96 bits per heavy atom. The predicted molar refractivity (Wildman–Crippen MR) is 93.9 cm³/mol. The van der Waals surface area contributed by atoms with E-state index in [2.05, 4.69) is 16.2 Å². The lowest BCUT2D eigenvalue weighted by Gasteiger charge is -2.25. The molecule has 0 amide bonds. The first-order valence-electron chi connectivity index (χ1n) is 8.62. The van der Waals surface area contributed by atoms with E-state index in [1.165, 1.54) is 0 Å². The summed E-state index contributed by atoms with van der Waals surface area (Å²) < 4.78 is 1.58. The summed E-state index contributed by atoms with van der Waals surface area (Å²) in [6, 6.07) is 7.42. The summed E-state index contributed by atoms with van der Waals surface area (Å²) in [7, 11) is 0. The molecule has 2 heterocycles. The summed E-state index contributed by atoms with van der Waals surface area (Å²) in [5, 5.41) is 14.9. The van der Waals surface area contributed by atoms with Crippen LogP contribution in [-0.4, -0.2) is 30.7 Å². The Bertz CT molecular complexity index is 1170. The van der Waals surface area contributed by atoms with Crippen LogP contribution in [0.25, 0.3) is 16.6 Å². The molecular weight excluding hydrogens is 332 g/mol. The number of carboxylic acids is 1. The molecule has 2 aliphatic rings. The van der Waals surface area contributed by atoms with Crippen LogP contribution in [0.5, 0.6) is 0 Å². The van der Waals surface area contributed by atoms with Crippen LogP contribution in [0.2, 0.25) is 0 Å². The highest BCUT2D eigenvalue weighted by Crippen LogP contribution is 2.52. The van der Waals surface area contributed by atoms with E-state index < -0.39 is 11.9 Å². The first-order valence-corrected chi connectivity index (χ1v) is 8.62. The number of rotatable bonds is 2. The van der Waals surface area contributed by atoms with Gasteiger partial charge in [0, 0.05) is 11.3 Å². The van der Waals surface area contributed by atoms with Gasteiger partial charge in [0.1, 0.15) is 11.5 Å². The van der Waals surface area contributed by atoms with Crippen LogP contribution in [0.1, 0.15) is 23.9 Å². The van der Waals surface area contributed by atoms with Crippen molar-refractivity contribution in [1.29, 1.82) is 0 Å². The molecular formula is C19H16N4O3. The maximum absolute atomic E-state index is 12.1. The van der Waals surface area contributed by atoms with Crippen LogP contribution < -0.4 is 5.56 Å². The first-order chi connectivity index (χ1) is 12.5. The number of nitrogens with zero attached hydrogens (tertiary/aromatic N) is 4. The Kier molecular flexibility index (Phi) is 3.04. The molecule has 2 bridgehead atoms. The molecule has 0 spiro atoms. The smallest absolute Gasteiger partial charge is 0.307 e. The third kappa shape index (κ3) is 1.97. The minimum Gasteiger partial charge on any atom is -0.481 e. The minimum atomic E-state index is -0.819. The van der Waals surface area contributed by atoms with Gasteiger partial charge < -0.3 is 5.11 Å². The standard InChI is InChI=1S/C19H16N4O3/c1-9-18(24)21-16-12-4-2-3-5-13(12)20-17(23(16)22-9)14-10-6-7-11(8-10)15(14)19(25)26/h2-7,10-11,14-15H,8H2,1H3,(H,25,26)/t10-,11-,14-,15-/m0/s1. The number of fused-ring (bicyclic) bond motifs is 5. The third-order valence-electron chi connectivity index (χ3n) is 5.61. The first kappa shape index (κ1) is 15.2. The Labute approximate surface area is 148 Å². The molecule has 2 aromatic heterocycles. The lowest BCUT2D eigenvalue weighted by molar-refractivity contribution is -0.143. The van der Waals surface area contributed by atoms with E-state index >= 15 is 0 Å². The number of aryl methyl sites for hydroxylation is 1. The van der Waals surface area contributed by atoms with E-state index in [0.29, 0.717) is 17.0 Å². The van der Waals surface area contributed by atoms with Gasteiger partial charge in [0.05, 0.1) is 11.4 Å². The second kappa shape index (κ2) is 5.20. The molecule has 4 atom stereocenters. The van der Waals surface area contributed by atoms with Crippen LogP contribution in [0.4, 0.5) is 0 Å². The molecule has 7 heteroatoms. The predicted octanol–water partition coefficient (Wildman–Crippen LogP) is 1.94. The zero-order valence-electron chi connectivity index (χ0n) is 14.0. The van der Waals surface area contributed by atoms with Crippen molar-refractivity contribution in [2.45, 2.75) is 19.3 Å². The summed E-state index contributed by atoms with van der Waals surface area (Å²) in [5.74, 6) is -0.952. The number of hydrogen-bond acceptors (Lipinski definition) is 5. The summed E-state index contributed by atoms with van der Waals surface area (Å²) in [4.78, 5) is 33.0. The van der Waals surface area contributed by atoms with Gasteiger partial charge in [-0.3, -0.25) is 9.59 Å². The zero-order chi connectivity index (χ0) is 18.0. The monoisotopic (exact) mass is 348 g/mol. The number of para-hydroxylation sites is 1. The normalized spacial score (nSPS) is 26.8. The molecule has 1 aromatic carbocycles. The molecule has 26 heavy (non-hydrogen) atoms. The van der Waals surface area contributed by atoms with Crippen molar-refractivity contribution in [2.75, 3.05) is 0 Å². The van der Waals surface area contributed by atoms with Crippen LogP contribution >= 0.6 is 0 Å². The molecule has 130 valence electrons. The van der Waals surface area contributed by atoms with Gasteiger partial charge in [-0.25, -0.2) is 4.98 Å². The maximum atomic E-state index is 12.1. The van der Waals surface area contributed by atoms with Gasteiger partial charge in [-0.2, -0.15) is 14.6 Å². The second-order valence-electron chi connectivity index (χ2n) is 7.06. The van der Waals surface area contributed by atoms with Crippen molar-refractivity contribution in [1.82, 2.24) is 19.6 Å². The number of benzene rings is 1. The average molecular weight is 348 g/mol. The van der Waals surface area contributed by atoms with Crippen molar-refractivity contribution < 1.29 is 9.90 Å². The molecule has 1 saturated carbocycles. The number of aromatic nitrogens is 4. The van der Waals surface area contributed by atoms with E-state index in [1.54, 1.807) is 11.4 Å². The third-order valence-corrected chi connectivity index (χ3v) is 5.61. The van der Waals surface area contributed by atoms with Gasteiger partial charge in [0.25, 0.3) is 5.56 Å². The quantitative estimate of drug-likeness (QED) is 0.561. The van der Waals surface area contributed by atoms with Crippen molar-refractivity contribution in [3.63, 3.8) is 0 Å². The average Bonchev–Trinajstić information content (AvgIpc) is 3.23. The molecule has 0 saturated heterocycles. The number of allylic oxidation sites excluding steroid dienone is 2. The maximum Gasteiger partial charge on any atom is 0.307 e. The van der Waals surface area contributed by atoms with E-state index in [0.717, 1.165) is 11.8 Å². The van der Waals surface area contributed by atoms with Gasteiger partial charge in [0.15, 0.2) is 5.65 Å². The number of hydrogen-bond donors (Lipinski definition) is 1. The highest BCUT2D eigenvalue weighted by Gasteiger charge is 2.50. The van der Waals surface area contributed by atoms with Crippen molar-refractivity contribution >= 4 is 22.5 Å². The van der Waals surface area contributed by atoms with E-state index in [9.17, 15) is 14.7 Å². The van der Waals surface area contributed by atoms with Crippen LogP contribution in [0, 0.1) is 24.7 Å². The second-order valence-corrected chi connectivity index (χ2v) is 7.06. The van der Waals surface area contributed by atoms with E-state index in [1.807, 2.05) is 30.3 Å². The van der Waals surface area contributed by atoms with Gasteiger partial charge in [0.2, 0.25) is 0 Å². The topological polar surface area (TPSA) is 97.5 Å². The Morgan fingerprint density at radius 1 is 1.19 bits per heavy atom. The molecule has 0 radical (unpaired) electrons. The fourth-order valence-corrected chi connectivity index (χ4v) is 4.46. The lowest BCUT2D eigenvalue weighted by atomic mass is 9.82. The SMILES string of the molecule is Cc1nn2c([C@@H]3[C@@H](C(=O)O)[C@H]4C=C[C@H]3C4)nc3ccccc3c2nc1=O. The summed E-state index contributed by atoms with van der Waals surface area (Å²) >= 11 is 0. The van der Waals surface area contributed by atoms with Gasteiger partial charge in [-0.05, 0) is 37.3 Å². The lowest BCUT2D eigenvalue weighted by Crippen LogP contribution is -2.29. The van der Waals surface area contributed by atoms with Crippen LogP contribution in [0.15, 0.2) is 41.2 Å². The Morgan fingerprint density at radius 3 is 2.77 bits per heavy atom. The molecule has 2 aliphatic carbocycles. The highest BCUT2D eigenvalue weighted by atomic mass is 16.4. The van der Waals surface area contributed by atoms with Gasteiger partial charge >= 0.3 is 5.97 Å². The molecule has 3 aromatic rings. The molecule has 1 N–H and O–H groups in total. The number of carboxylic acid groups (broad SMARTS) is 1. The molecule has 7 nitrogen and oxygen atoms in total. The Hall–Kier alpha value is -3.09. The minimum absolute atomic E-state index is 0.0132. The fourth-order valence-electron chi connectivity index (χ4n) is 4.46. The molecule has 1 fully saturated rings. The molecule has 0 unspecified atom stereocenters. The Balaban J connectivity index is 1.87.